The van der Waals surface area contributed by atoms with Crippen LogP contribution in [0, 0.1) is 0 Å². The molecule has 0 saturated carbocycles. The molecule has 5 nitrogen and oxygen atoms in total. The van der Waals surface area contributed by atoms with E-state index in [0.717, 1.165) is 36.4 Å². The average Bonchev–Trinajstić information content (AvgIpc) is 3.00. The summed E-state index contributed by atoms with van der Waals surface area (Å²) >= 11 is 0. The number of carbonyl (C=O) groups excluding carboxylic acids is 1. The van der Waals surface area contributed by atoms with Gasteiger partial charge in [-0.3, -0.25) is 4.79 Å². The third-order valence-corrected chi connectivity index (χ3v) is 3.76. The molecule has 2 heterocycles. The summed E-state index contributed by atoms with van der Waals surface area (Å²) in [7, 11) is 1.85. The molecule has 1 aromatic rings. The lowest BCUT2D eigenvalue weighted by atomic mass is 10.1. The highest BCUT2D eigenvalue weighted by atomic mass is 16.6. The van der Waals surface area contributed by atoms with Crippen LogP contribution in [-0.4, -0.2) is 43.7 Å². The Hall–Kier alpha value is -1.75. The molecule has 0 aromatic heterocycles. The van der Waals surface area contributed by atoms with Gasteiger partial charge in [0.1, 0.15) is 13.2 Å². The maximum Gasteiger partial charge on any atom is 0.239 e. The molecule has 20 heavy (non-hydrogen) atoms. The van der Waals surface area contributed by atoms with E-state index in [0.29, 0.717) is 19.8 Å². The Morgan fingerprint density at radius 1 is 1.35 bits per heavy atom. The molecule has 1 N–H and O–H groups in total. The first kappa shape index (κ1) is 13.2. The van der Waals surface area contributed by atoms with Crippen molar-refractivity contribution < 1.29 is 14.3 Å². The molecule has 0 unspecified atom stereocenters. The Morgan fingerprint density at radius 3 is 2.90 bits per heavy atom. The minimum absolute atomic E-state index is 0.0165. The largest absolute Gasteiger partial charge is 0.486 e. The van der Waals surface area contributed by atoms with E-state index < -0.39 is 0 Å². The third-order valence-electron chi connectivity index (χ3n) is 3.76. The van der Waals surface area contributed by atoms with Crippen molar-refractivity contribution in [2.75, 3.05) is 26.8 Å². The zero-order valence-corrected chi connectivity index (χ0v) is 11.7. The third kappa shape index (κ3) is 2.72. The van der Waals surface area contributed by atoms with Crippen molar-refractivity contribution in [3.8, 4) is 11.5 Å². The molecule has 108 valence electrons. The molecular formula is C15H20N2O3. The second kappa shape index (κ2) is 5.71. The summed E-state index contributed by atoms with van der Waals surface area (Å²) in [4.78, 5) is 14.0. The summed E-state index contributed by atoms with van der Waals surface area (Å²) in [5.74, 6) is 1.72. The van der Waals surface area contributed by atoms with E-state index in [2.05, 4.69) is 5.32 Å². The molecule has 1 fully saturated rings. The van der Waals surface area contributed by atoms with Crippen LogP contribution in [0.4, 0.5) is 0 Å². The number of hydrogen-bond donors (Lipinski definition) is 1. The molecule has 2 aliphatic heterocycles. The van der Waals surface area contributed by atoms with Crippen LogP contribution in [0.2, 0.25) is 0 Å². The van der Waals surface area contributed by atoms with Crippen LogP contribution in [0.25, 0.3) is 0 Å². The second-order valence-corrected chi connectivity index (χ2v) is 5.32. The molecule has 0 aliphatic carbocycles. The highest BCUT2D eigenvalue weighted by molar-refractivity contribution is 5.81. The summed E-state index contributed by atoms with van der Waals surface area (Å²) in [6.07, 6.45) is 2.01. The topological polar surface area (TPSA) is 50.8 Å². The van der Waals surface area contributed by atoms with Crippen LogP contribution >= 0.6 is 0 Å². The molecule has 1 saturated heterocycles. The number of benzene rings is 1. The van der Waals surface area contributed by atoms with Gasteiger partial charge in [-0.25, -0.2) is 0 Å². The van der Waals surface area contributed by atoms with Crippen molar-refractivity contribution in [1.29, 1.82) is 0 Å². The molecule has 5 heteroatoms. The number of ether oxygens (including phenoxy) is 2. The maximum absolute atomic E-state index is 12.2. The van der Waals surface area contributed by atoms with Gasteiger partial charge >= 0.3 is 0 Å². The van der Waals surface area contributed by atoms with Crippen LogP contribution in [0.5, 0.6) is 11.5 Å². The second-order valence-electron chi connectivity index (χ2n) is 5.32. The van der Waals surface area contributed by atoms with E-state index in [1.54, 1.807) is 4.90 Å². The minimum Gasteiger partial charge on any atom is -0.486 e. The van der Waals surface area contributed by atoms with Gasteiger partial charge in [0.05, 0.1) is 6.04 Å². The Bertz CT molecular complexity index is 498. The monoisotopic (exact) mass is 276 g/mol. The standard InChI is InChI=1S/C15H20N2O3/c1-17(15(18)12-3-2-6-16-12)10-11-4-5-13-14(9-11)20-8-7-19-13/h4-5,9,12,16H,2-3,6-8,10H2,1H3/t12-/m1/s1. The van der Waals surface area contributed by atoms with E-state index in [1.807, 2.05) is 25.2 Å². The van der Waals surface area contributed by atoms with Gasteiger partial charge in [-0.1, -0.05) is 6.07 Å². The zero-order chi connectivity index (χ0) is 13.9. The van der Waals surface area contributed by atoms with Gasteiger partial charge in [0.25, 0.3) is 0 Å². The molecule has 1 aromatic carbocycles. The zero-order valence-electron chi connectivity index (χ0n) is 11.7. The Balaban J connectivity index is 1.66. The number of carbonyl (C=O) groups is 1. The maximum atomic E-state index is 12.2. The number of hydrogen-bond acceptors (Lipinski definition) is 4. The lowest BCUT2D eigenvalue weighted by Crippen LogP contribution is -2.41. The van der Waals surface area contributed by atoms with Crippen LogP contribution in [-0.2, 0) is 11.3 Å². The van der Waals surface area contributed by atoms with Crippen molar-refractivity contribution in [3.63, 3.8) is 0 Å². The SMILES string of the molecule is CN(Cc1ccc2c(c1)OCCO2)C(=O)[C@H]1CCCN1. The van der Waals surface area contributed by atoms with Gasteiger partial charge in [0.15, 0.2) is 11.5 Å². The van der Waals surface area contributed by atoms with Crippen LogP contribution < -0.4 is 14.8 Å². The van der Waals surface area contributed by atoms with Gasteiger partial charge in [-0.2, -0.15) is 0 Å². The first-order valence-corrected chi connectivity index (χ1v) is 7.11. The van der Waals surface area contributed by atoms with Crippen LogP contribution in [0.3, 0.4) is 0 Å². The molecule has 0 spiro atoms. The van der Waals surface area contributed by atoms with Gasteiger partial charge in [0.2, 0.25) is 5.91 Å². The van der Waals surface area contributed by atoms with E-state index in [-0.39, 0.29) is 11.9 Å². The van der Waals surface area contributed by atoms with E-state index in [9.17, 15) is 4.79 Å². The predicted octanol–water partition coefficient (Wildman–Crippen LogP) is 1.17. The van der Waals surface area contributed by atoms with E-state index in [1.165, 1.54) is 0 Å². The summed E-state index contributed by atoms with van der Waals surface area (Å²) < 4.78 is 11.1. The van der Waals surface area contributed by atoms with Crippen molar-refractivity contribution in [2.45, 2.75) is 25.4 Å². The summed E-state index contributed by atoms with van der Waals surface area (Å²) in [6, 6.07) is 5.84. The number of likely N-dealkylation sites (N-methyl/N-ethyl adjacent to an activating group) is 1. The first-order valence-electron chi connectivity index (χ1n) is 7.11. The molecule has 1 amide bonds. The fourth-order valence-corrected chi connectivity index (χ4v) is 2.70. The quantitative estimate of drug-likeness (QED) is 0.900. The van der Waals surface area contributed by atoms with Gasteiger partial charge < -0.3 is 19.7 Å². The highest BCUT2D eigenvalue weighted by Crippen LogP contribution is 2.31. The Labute approximate surface area is 118 Å². The molecule has 0 bridgehead atoms. The molecule has 0 radical (unpaired) electrons. The molecule has 2 aliphatic rings. The highest BCUT2D eigenvalue weighted by Gasteiger charge is 2.25. The molecule has 1 atom stereocenters. The van der Waals surface area contributed by atoms with Crippen LogP contribution in [0.1, 0.15) is 18.4 Å². The fourth-order valence-electron chi connectivity index (χ4n) is 2.70. The molecular weight excluding hydrogens is 256 g/mol. The number of rotatable bonds is 3. The summed E-state index contributed by atoms with van der Waals surface area (Å²) in [6.45, 7) is 2.71. The number of fused-ring (bicyclic) bond motifs is 1. The van der Waals surface area contributed by atoms with E-state index >= 15 is 0 Å². The van der Waals surface area contributed by atoms with Crippen molar-refractivity contribution in [3.05, 3.63) is 23.8 Å². The van der Waals surface area contributed by atoms with Crippen molar-refractivity contribution in [2.24, 2.45) is 0 Å². The summed E-state index contributed by atoms with van der Waals surface area (Å²) in [5, 5.41) is 3.24. The predicted molar refractivity (Wildman–Crippen MR) is 74.9 cm³/mol. The minimum atomic E-state index is -0.0165. The van der Waals surface area contributed by atoms with Crippen molar-refractivity contribution >= 4 is 5.91 Å². The lowest BCUT2D eigenvalue weighted by molar-refractivity contribution is -0.132. The Morgan fingerprint density at radius 2 is 2.15 bits per heavy atom. The number of amides is 1. The fraction of sp³-hybridized carbons (Fsp3) is 0.533. The smallest absolute Gasteiger partial charge is 0.239 e. The van der Waals surface area contributed by atoms with Gasteiger partial charge in [-0.15, -0.1) is 0 Å². The Kier molecular flexibility index (Phi) is 3.78. The molecule has 3 rings (SSSR count). The van der Waals surface area contributed by atoms with Crippen molar-refractivity contribution in [1.82, 2.24) is 10.2 Å². The van der Waals surface area contributed by atoms with Gasteiger partial charge in [0, 0.05) is 13.6 Å². The lowest BCUT2D eigenvalue weighted by Gasteiger charge is -2.23. The van der Waals surface area contributed by atoms with E-state index in [4.69, 9.17) is 9.47 Å². The average molecular weight is 276 g/mol. The number of nitrogens with one attached hydrogen (secondary N) is 1. The van der Waals surface area contributed by atoms with Gasteiger partial charge in [-0.05, 0) is 37.1 Å². The number of nitrogens with zero attached hydrogens (tertiary/aromatic N) is 1. The van der Waals surface area contributed by atoms with Crippen LogP contribution in [0.15, 0.2) is 18.2 Å². The summed E-state index contributed by atoms with van der Waals surface area (Å²) in [5.41, 5.74) is 1.06. The normalized spacial score (nSPS) is 20.8. The first-order chi connectivity index (χ1) is 9.74.